The Kier molecular flexibility index (Phi) is 6.20. The average Bonchev–Trinajstić information content (AvgIpc) is 3.07. The summed E-state index contributed by atoms with van der Waals surface area (Å²) >= 11 is 5.07. The van der Waals surface area contributed by atoms with Crippen molar-refractivity contribution in [2.24, 2.45) is 5.10 Å². The number of fused-ring (bicyclic) bond motifs is 1. The van der Waals surface area contributed by atoms with Crippen LogP contribution in [0.3, 0.4) is 0 Å². The topological polar surface area (TPSA) is 65.7 Å². The zero-order valence-corrected chi connectivity index (χ0v) is 19.7. The molecule has 0 aliphatic rings. The molecular weight excluding hydrogens is 478 g/mol. The van der Waals surface area contributed by atoms with Crippen molar-refractivity contribution in [2.75, 3.05) is 7.11 Å². The minimum Gasteiger partial charge on any atom is -0.493 e. The van der Waals surface area contributed by atoms with E-state index in [1.54, 1.807) is 13.3 Å². The minimum absolute atomic E-state index is 0.183. The normalized spacial score (nSPS) is 11.4. The van der Waals surface area contributed by atoms with Gasteiger partial charge in [0.1, 0.15) is 17.8 Å². The summed E-state index contributed by atoms with van der Waals surface area (Å²) < 4.78 is 13.5. The van der Waals surface area contributed by atoms with E-state index in [-0.39, 0.29) is 5.56 Å². The molecule has 2 heterocycles. The minimum atomic E-state index is -0.183. The molecule has 0 fully saturated rings. The Morgan fingerprint density at radius 1 is 1.23 bits per heavy atom. The molecular formula is C23H20BrN3O3S. The summed E-state index contributed by atoms with van der Waals surface area (Å²) in [5.41, 5.74) is 2.58. The maximum atomic E-state index is 12.8. The lowest BCUT2D eigenvalue weighted by atomic mass is 10.2. The molecule has 4 aromatic rings. The Bertz CT molecular complexity index is 1330. The highest BCUT2D eigenvalue weighted by Gasteiger charge is 2.13. The predicted octanol–water partition coefficient (Wildman–Crippen LogP) is 5.31. The van der Waals surface area contributed by atoms with Crippen LogP contribution in [0.25, 0.3) is 10.2 Å². The fourth-order valence-electron chi connectivity index (χ4n) is 3.12. The molecule has 0 unspecified atom stereocenters. The van der Waals surface area contributed by atoms with Crippen LogP contribution < -0.4 is 15.0 Å². The van der Waals surface area contributed by atoms with Gasteiger partial charge >= 0.3 is 0 Å². The lowest BCUT2D eigenvalue weighted by Crippen LogP contribution is -2.17. The Labute approximate surface area is 191 Å². The first-order valence-corrected chi connectivity index (χ1v) is 11.1. The van der Waals surface area contributed by atoms with E-state index in [0.29, 0.717) is 23.5 Å². The van der Waals surface area contributed by atoms with Crippen molar-refractivity contribution in [3.05, 3.63) is 85.2 Å². The summed E-state index contributed by atoms with van der Waals surface area (Å²) in [7, 11) is 1.59. The van der Waals surface area contributed by atoms with Gasteiger partial charge in [-0.3, -0.25) is 4.79 Å². The summed E-state index contributed by atoms with van der Waals surface area (Å²) in [4.78, 5) is 19.0. The zero-order chi connectivity index (χ0) is 22.0. The SMILES string of the molecule is COc1cc(/C=N/n2cnc3sc(C)c(C)c3c2=O)cc(Br)c1OCc1ccccc1. The molecule has 0 amide bonds. The largest absolute Gasteiger partial charge is 0.493 e. The van der Waals surface area contributed by atoms with Crippen LogP contribution >= 0.6 is 27.3 Å². The molecule has 0 saturated heterocycles. The molecule has 6 nitrogen and oxygen atoms in total. The molecule has 4 rings (SSSR count). The van der Waals surface area contributed by atoms with Crippen LogP contribution in [0.2, 0.25) is 0 Å². The van der Waals surface area contributed by atoms with Crippen LogP contribution in [-0.4, -0.2) is 23.0 Å². The maximum Gasteiger partial charge on any atom is 0.282 e. The van der Waals surface area contributed by atoms with Gasteiger partial charge in [0.25, 0.3) is 5.56 Å². The molecule has 0 aliphatic heterocycles. The summed E-state index contributed by atoms with van der Waals surface area (Å²) in [5.74, 6) is 1.17. The second kappa shape index (κ2) is 9.03. The smallest absolute Gasteiger partial charge is 0.282 e. The second-order valence-corrected chi connectivity index (χ2v) is 8.97. The van der Waals surface area contributed by atoms with E-state index in [1.165, 1.54) is 22.3 Å². The second-order valence-electron chi connectivity index (χ2n) is 6.91. The number of halogens is 1. The number of aromatic nitrogens is 2. The highest BCUT2D eigenvalue weighted by Crippen LogP contribution is 2.37. The lowest BCUT2D eigenvalue weighted by Gasteiger charge is -2.13. The molecule has 0 aliphatic carbocycles. The molecule has 0 N–H and O–H groups in total. The van der Waals surface area contributed by atoms with Gasteiger partial charge in [-0.25, -0.2) is 4.98 Å². The van der Waals surface area contributed by atoms with Crippen molar-refractivity contribution in [1.82, 2.24) is 9.66 Å². The van der Waals surface area contributed by atoms with Crippen molar-refractivity contribution in [3.8, 4) is 11.5 Å². The fraction of sp³-hybridized carbons (Fsp3) is 0.174. The van der Waals surface area contributed by atoms with E-state index in [4.69, 9.17) is 9.47 Å². The zero-order valence-electron chi connectivity index (χ0n) is 17.3. The Balaban J connectivity index is 1.62. The van der Waals surface area contributed by atoms with Crippen molar-refractivity contribution < 1.29 is 9.47 Å². The average molecular weight is 498 g/mol. The summed E-state index contributed by atoms with van der Waals surface area (Å²) in [6, 6.07) is 13.6. The predicted molar refractivity (Wildman–Crippen MR) is 128 cm³/mol. The molecule has 31 heavy (non-hydrogen) atoms. The summed E-state index contributed by atoms with van der Waals surface area (Å²) in [6.07, 6.45) is 3.04. The molecule has 158 valence electrons. The maximum absolute atomic E-state index is 12.8. The van der Waals surface area contributed by atoms with E-state index >= 15 is 0 Å². The third kappa shape index (κ3) is 4.40. The van der Waals surface area contributed by atoms with Crippen LogP contribution in [0.1, 0.15) is 21.6 Å². The Morgan fingerprint density at radius 2 is 2.00 bits per heavy atom. The van der Waals surface area contributed by atoms with Crippen LogP contribution in [0, 0.1) is 13.8 Å². The van der Waals surface area contributed by atoms with Gasteiger partial charge in [-0.05, 0) is 58.6 Å². The van der Waals surface area contributed by atoms with Crippen LogP contribution in [0.15, 0.2) is 63.2 Å². The number of methoxy groups -OCH3 is 1. The third-order valence-electron chi connectivity index (χ3n) is 4.88. The van der Waals surface area contributed by atoms with Gasteiger partial charge in [-0.1, -0.05) is 30.3 Å². The monoisotopic (exact) mass is 497 g/mol. The number of aryl methyl sites for hydroxylation is 2. The fourth-order valence-corrected chi connectivity index (χ4v) is 4.68. The van der Waals surface area contributed by atoms with Crippen LogP contribution in [0.5, 0.6) is 11.5 Å². The molecule has 2 aromatic heterocycles. The van der Waals surface area contributed by atoms with Crippen molar-refractivity contribution in [2.45, 2.75) is 20.5 Å². The van der Waals surface area contributed by atoms with Gasteiger partial charge in [-0.2, -0.15) is 9.78 Å². The van der Waals surface area contributed by atoms with E-state index in [1.807, 2.05) is 56.3 Å². The highest BCUT2D eigenvalue weighted by molar-refractivity contribution is 9.10. The molecule has 0 atom stereocenters. The molecule has 0 spiro atoms. The van der Waals surface area contributed by atoms with Crippen LogP contribution in [0.4, 0.5) is 0 Å². The van der Waals surface area contributed by atoms with Crippen molar-refractivity contribution >= 4 is 43.7 Å². The Morgan fingerprint density at radius 3 is 2.74 bits per heavy atom. The Hall–Kier alpha value is -2.97. The van der Waals surface area contributed by atoms with E-state index in [9.17, 15) is 4.79 Å². The quantitative estimate of drug-likeness (QED) is 0.338. The van der Waals surface area contributed by atoms with E-state index < -0.39 is 0 Å². The number of rotatable bonds is 6. The summed E-state index contributed by atoms with van der Waals surface area (Å²) in [6.45, 7) is 4.34. The molecule has 8 heteroatoms. The molecule has 0 bridgehead atoms. The third-order valence-corrected chi connectivity index (χ3v) is 6.59. The first-order valence-electron chi connectivity index (χ1n) is 9.54. The number of nitrogens with zero attached hydrogens (tertiary/aromatic N) is 3. The van der Waals surface area contributed by atoms with Crippen molar-refractivity contribution in [1.29, 1.82) is 0 Å². The van der Waals surface area contributed by atoms with Crippen molar-refractivity contribution in [3.63, 3.8) is 0 Å². The van der Waals surface area contributed by atoms with Crippen LogP contribution in [-0.2, 0) is 6.61 Å². The number of ether oxygens (including phenoxy) is 2. The first-order chi connectivity index (χ1) is 15.0. The van der Waals surface area contributed by atoms with Gasteiger partial charge in [0.05, 0.1) is 23.2 Å². The van der Waals surface area contributed by atoms with Gasteiger partial charge < -0.3 is 9.47 Å². The number of benzene rings is 2. The summed E-state index contributed by atoms with van der Waals surface area (Å²) in [5, 5.41) is 4.94. The lowest BCUT2D eigenvalue weighted by molar-refractivity contribution is 0.282. The number of thiophene rings is 1. The van der Waals surface area contributed by atoms with E-state index in [2.05, 4.69) is 26.0 Å². The van der Waals surface area contributed by atoms with E-state index in [0.717, 1.165) is 30.9 Å². The molecule has 0 radical (unpaired) electrons. The van der Waals surface area contributed by atoms with Gasteiger partial charge in [-0.15, -0.1) is 11.3 Å². The van der Waals surface area contributed by atoms with Gasteiger partial charge in [0.15, 0.2) is 11.5 Å². The first kappa shape index (κ1) is 21.3. The molecule has 0 saturated carbocycles. The van der Waals surface area contributed by atoms with Gasteiger partial charge in [0, 0.05) is 4.88 Å². The molecule has 2 aromatic carbocycles. The standard InChI is InChI=1S/C23H20BrN3O3S/c1-14-15(2)31-22-20(14)23(28)27(13-25-22)26-11-17-9-18(24)21(19(10-17)29-3)30-12-16-7-5-4-6-8-16/h4-11,13H,12H2,1-3H3/b26-11+. The number of hydrogen-bond donors (Lipinski definition) is 0. The van der Waals surface area contributed by atoms with Gasteiger partial charge in [0.2, 0.25) is 0 Å². The number of hydrogen-bond acceptors (Lipinski definition) is 6. The highest BCUT2D eigenvalue weighted by atomic mass is 79.9.